The summed E-state index contributed by atoms with van der Waals surface area (Å²) in [6.45, 7) is 3.51. The molecule has 1 saturated heterocycles. The van der Waals surface area contributed by atoms with Gasteiger partial charge in [-0.15, -0.1) is 0 Å². The van der Waals surface area contributed by atoms with Crippen molar-refractivity contribution < 1.29 is 0 Å². The number of likely N-dealkylation sites (tertiary alicyclic amines) is 1. The van der Waals surface area contributed by atoms with E-state index >= 15 is 0 Å². The van der Waals surface area contributed by atoms with Gasteiger partial charge in [-0.25, -0.2) is 0 Å². The van der Waals surface area contributed by atoms with E-state index in [1.165, 1.54) is 37.3 Å². The Hall–Kier alpha value is -0.740. The molecule has 1 N–H and O–H groups in total. The summed E-state index contributed by atoms with van der Waals surface area (Å²) in [6.07, 6.45) is 2.66. The summed E-state index contributed by atoms with van der Waals surface area (Å²) in [5.41, 5.74) is 2.46. The van der Waals surface area contributed by atoms with Crippen LogP contribution in [0.2, 0.25) is 0 Å². The lowest BCUT2D eigenvalue weighted by Crippen LogP contribution is -2.35. The molecule has 1 atom stereocenters. The molecule has 1 aliphatic rings. The third-order valence-electron chi connectivity index (χ3n) is 3.74. The lowest BCUT2D eigenvalue weighted by molar-refractivity contribution is 0.217. The third kappa shape index (κ3) is 4.11. The Labute approximate surface area is 125 Å². The van der Waals surface area contributed by atoms with Crippen LogP contribution in [-0.2, 0) is 0 Å². The fourth-order valence-corrected chi connectivity index (χ4v) is 3.10. The second-order valence-corrected chi connectivity index (χ2v) is 6.62. The number of nitrogens with one attached hydrogen (secondary N) is 1. The van der Waals surface area contributed by atoms with Crippen LogP contribution in [0.15, 0.2) is 22.7 Å². The number of hydrogen-bond donors (Lipinski definition) is 1. The first-order valence-corrected chi connectivity index (χ1v) is 7.75. The van der Waals surface area contributed by atoms with Gasteiger partial charge in [0, 0.05) is 31.7 Å². The molecule has 1 aliphatic heterocycles. The van der Waals surface area contributed by atoms with Crippen molar-refractivity contribution in [3.63, 3.8) is 0 Å². The SMILES string of the molecule is CN1CCCC(CNc2cc(Br)ccc2N(C)C)C1. The number of hydrogen-bond acceptors (Lipinski definition) is 3. The number of anilines is 2. The summed E-state index contributed by atoms with van der Waals surface area (Å²) in [5.74, 6) is 0.757. The van der Waals surface area contributed by atoms with Crippen molar-refractivity contribution >= 4 is 27.3 Å². The summed E-state index contributed by atoms with van der Waals surface area (Å²) < 4.78 is 1.13. The van der Waals surface area contributed by atoms with Crippen molar-refractivity contribution in [2.45, 2.75) is 12.8 Å². The molecule has 3 nitrogen and oxygen atoms in total. The average molecular weight is 326 g/mol. The first kappa shape index (κ1) is 14.7. The number of benzene rings is 1. The molecule has 0 radical (unpaired) electrons. The van der Waals surface area contributed by atoms with Crippen LogP contribution in [0.3, 0.4) is 0 Å². The molecule has 2 rings (SSSR count). The molecule has 0 aliphatic carbocycles. The molecule has 0 spiro atoms. The van der Waals surface area contributed by atoms with Gasteiger partial charge in [-0.3, -0.25) is 0 Å². The molecule has 1 aromatic carbocycles. The molecule has 1 heterocycles. The van der Waals surface area contributed by atoms with Gasteiger partial charge >= 0.3 is 0 Å². The fraction of sp³-hybridized carbons (Fsp3) is 0.600. The van der Waals surface area contributed by atoms with Crippen molar-refractivity contribution in [2.24, 2.45) is 5.92 Å². The van der Waals surface area contributed by atoms with Crippen LogP contribution in [-0.4, -0.2) is 45.7 Å². The third-order valence-corrected chi connectivity index (χ3v) is 4.24. The molecule has 1 unspecified atom stereocenters. The largest absolute Gasteiger partial charge is 0.383 e. The quantitative estimate of drug-likeness (QED) is 0.916. The summed E-state index contributed by atoms with van der Waals surface area (Å²) >= 11 is 3.55. The van der Waals surface area contributed by atoms with Gasteiger partial charge in [0.25, 0.3) is 0 Å². The van der Waals surface area contributed by atoms with Crippen molar-refractivity contribution in [3.8, 4) is 0 Å². The van der Waals surface area contributed by atoms with Gasteiger partial charge < -0.3 is 15.1 Å². The Balaban J connectivity index is 2.00. The molecule has 0 saturated carbocycles. The first-order chi connectivity index (χ1) is 9.06. The summed E-state index contributed by atoms with van der Waals surface area (Å²) in [4.78, 5) is 4.59. The highest BCUT2D eigenvalue weighted by atomic mass is 79.9. The van der Waals surface area contributed by atoms with Gasteiger partial charge in [-0.1, -0.05) is 15.9 Å². The number of nitrogens with zero attached hydrogens (tertiary/aromatic N) is 2. The zero-order valence-corrected chi connectivity index (χ0v) is 13.7. The van der Waals surface area contributed by atoms with E-state index in [1.54, 1.807) is 0 Å². The minimum atomic E-state index is 0.757. The van der Waals surface area contributed by atoms with E-state index in [0.29, 0.717) is 0 Å². The molecule has 19 heavy (non-hydrogen) atoms. The number of halogens is 1. The van der Waals surface area contributed by atoms with Crippen LogP contribution >= 0.6 is 15.9 Å². The van der Waals surface area contributed by atoms with Gasteiger partial charge in [0.15, 0.2) is 0 Å². The normalized spacial score (nSPS) is 20.3. The van der Waals surface area contributed by atoms with Gasteiger partial charge in [0.1, 0.15) is 0 Å². The zero-order valence-electron chi connectivity index (χ0n) is 12.1. The van der Waals surface area contributed by atoms with E-state index in [4.69, 9.17) is 0 Å². The van der Waals surface area contributed by atoms with Crippen LogP contribution in [0.4, 0.5) is 11.4 Å². The van der Waals surface area contributed by atoms with Gasteiger partial charge in [-0.05, 0) is 50.6 Å². The van der Waals surface area contributed by atoms with Crippen molar-refractivity contribution in [3.05, 3.63) is 22.7 Å². The maximum absolute atomic E-state index is 3.63. The van der Waals surface area contributed by atoms with Gasteiger partial charge in [-0.2, -0.15) is 0 Å². The maximum Gasteiger partial charge on any atom is 0.0597 e. The minimum Gasteiger partial charge on any atom is -0.383 e. The van der Waals surface area contributed by atoms with E-state index in [9.17, 15) is 0 Å². The second kappa shape index (κ2) is 6.62. The Morgan fingerprint density at radius 3 is 2.89 bits per heavy atom. The smallest absolute Gasteiger partial charge is 0.0597 e. The minimum absolute atomic E-state index is 0.757. The number of piperidine rings is 1. The molecule has 0 amide bonds. The standard InChI is InChI=1S/C15H24BrN3/c1-18(2)15-7-6-13(16)9-14(15)17-10-12-5-4-8-19(3)11-12/h6-7,9,12,17H,4-5,8,10-11H2,1-3H3. The second-order valence-electron chi connectivity index (χ2n) is 5.71. The highest BCUT2D eigenvalue weighted by Crippen LogP contribution is 2.28. The Morgan fingerprint density at radius 2 is 2.21 bits per heavy atom. The molecule has 0 aromatic heterocycles. The Bertz CT molecular complexity index is 420. The highest BCUT2D eigenvalue weighted by Gasteiger charge is 2.17. The van der Waals surface area contributed by atoms with E-state index in [0.717, 1.165) is 16.9 Å². The monoisotopic (exact) mass is 325 g/mol. The fourth-order valence-electron chi connectivity index (χ4n) is 2.73. The van der Waals surface area contributed by atoms with Crippen LogP contribution in [0.1, 0.15) is 12.8 Å². The molecule has 4 heteroatoms. The summed E-state index contributed by atoms with van der Waals surface area (Å²) in [5, 5.41) is 3.63. The Kier molecular flexibility index (Phi) is 5.11. The predicted octanol–water partition coefficient (Wildman–Crippen LogP) is 3.27. The number of rotatable bonds is 4. The summed E-state index contributed by atoms with van der Waals surface area (Å²) in [6, 6.07) is 6.41. The molecular weight excluding hydrogens is 302 g/mol. The van der Waals surface area contributed by atoms with Crippen LogP contribution in [0, 0.1) is 5.92 Å². The maximum atomic E-state index is 3.63. The van der Waals surface area contributed by atoms with Crippen molar-refractivity contribution in [1.29, 1.82) is 0 Å². The van der Waals surface area contributed by atoms with Crippen LogP contribution in [0.25, 0.3) is 0 Å². The molecule has 0 bridgehead atoms. The average Bonchev–Trinajstić information content (AvgIpc) is 2.36. The van der Waals surface area contributed by atoms with E-state index in [2.05, 4.69) is 70.4 Å². The predicted molar refractivity (Wildman–Crippen MR) is 87.2 cm³/mol. The topological polar surface area (TPSA) is 18.5 Å². The van der Waals surface area contributed by atoms with Crippen LogP contribution < -0.4 is 10.2 Å². The lowest BCUT2D eigenvalue weighted by Gasteiger charge is -2.30. The van der Waals surface area contributed by atoms with Crippen molar-refractivity contribution in [2.75, 3.05) is 51.0 Å². The lowest BCUT2D eigenvalue weighted by atomic mass is 9.98. The van der Waals surface area contributed by atoms with Gasteiger partial charge in [0.05, 0.1) is 11.4 Å². The highest BCUT2D eigenvalue weighted by molar-refractivity contribution is 9.10. The van der Waals surface area contributed by atoms with E-state index in [1.807, 2.05) is 0 Å². The molecular formula is C15H24BrN3. The zero-order chi connectivity index (χ0) is 13.8. The van der Waals surface area contributed by atoms with Crippen molar-refractivity contribution in [1.82, 2.24) is 4.90 Å². The Morgan fingerprint density at radius 1 is 1.42 bits per heavy atom. The summed E-state index contributed by atoms with van der Waals surface area (Å²) in [7, 11) is 6.39. The molecule has 106 valence electrons. The van der Waals surface area contributed by atoms with E-state index in [-0.39, 0.29) is 0 Å². The van der Waals surface area contributed by atoms with Gasteiger partial charge in [0.2, 0.25) is 0 Å². The molecule has 1 aromatic rings. The first-order valence-electron chi connectivity index (χ1n) is 6.95. The molecule has 1 fully saturated rings. The van der Waals surface area contributed by atoms with E-state index < -0.39 is 0 Å². The van der Waals surface area contributed by atoms with Crippen LogP contribution in [0.5, 0.6) is 0 Å².